The van der Waals surface area contributed by atoms with Crippen LogP contribution in [0.1, 0.15) is 18.4 Å². The fourth-order valence-corrected chi connectivity index (χ4v) is 3.50. The Morgan fingerprint density at radius 1 is 1.32 bits per heavy atom. The molecule has 1 aromatic carbocycles. The van der Waals surface area contributed by atoms with E-state index in [1.165, 1.54) is 22.4 Å². The van der Waals surface area contributed by atoms with Crippen LogP contribution in [0.4, 0.5) is 0 Å². The topological polar surface area (TPSA) is 29.5 Å². The molecule has 2 heterocycles. The molecule has 4 rings (SSSR count). The number of hydroxylamine groups is 2. The molecule has 0 N–H and O–H groups in total. The molecule has 19 heavy (non-hydrogen) atoms. The Hall–Kier alpha value is -1.05. The molecule has 0 aromatic heterocycles. The molecular weight excluding hydrogens is 301 g/mol. The van der Waals surface area contributed by atoms with E-state index < -0.39 is 0 Å². The second-order valence-corrected chi connectivity index (χ2v) is 6.82. The van der Waals surface area contributed by atoms with E-state index in [-0.39, 0.29) is 22.8 Å². The number of fused-ring (bicyclic) bond motifs is 2. The molecule has 4 atom stereocenters. The summed E-state index contributed by atoms with van der Waals surface area (Å²) in [5.41, 5.74) is 1.21. The number of benzene rings is 1. The number of amides is 1. The van der Waals surface area contributed by atoms with Crippen LogP contribution in [0.3, 0.4) is 0 Å². The maximum absolute atomic E-state index is 12.5. The van der Waals surface area contributed by atoms with Crippen molar-refractivity contribution in [2.24, 2.45) is 0 Å². The summed E-state index contributed by atoms with van der Waals surface area (Å²) in [4.78, 5) is 18.2. The Bertz CT molecular complexity index is 488. The Morgan fingerprint density at radius 3 is 2.68 bits per heavy atom. The van der Waals surface area contributed by atoms with E-state index in [4.69, 9.17) is 4.84 Å². The number of hydrogen-bond donors (Lipinski definition) is 0. The third kappa shape index (κ3) is 2.77. The van der Waals surface area contributed by atoms with E-state index in [1.807, 2.05) is 18.2 Å². The van der Waals surface area contributed by atoms with Gasteiger partial charge in [-0.2, -0.15) is 0 Å². The van der Waals surface area contributed by atoms with Gasteiger partial charge in [0.25, 0.3) is 0 Å². The third-order valence-electron chi connectivity index (χ3n) is 3.68. The van der Waals surface area contributed by atoms with E-state index in [2.05, 4.69) is 24.3 Å². The van der Waals surface area contributed by atoms with E-state index in [0.29, 0.717) is 0 Å². The number of carbonyl (C=O) groups excluding carboxylic acids is 1. The Morgan fingerprint density at radius 2 is 2.11 bits per heavy atom. The number of nitrogens with zero attached hydrogens (tertiary/aromatic N) is 1. The first-order valence-corrected chi connectivity index (χ1v) is 8.11. The third-order valence-corrected chi connectivity index (χ3v) is 4.77. The molecule has 4 heteroatoms. The van der Waals surface area contributed by atoms with E-state index in [9.17, 15) is 4.79 Å². The summed E-state index contributed by atoms with van der Waals surface area (Å²) in [7, 11) is 0. The molecular formula is C15H18AsNO2. The van der Waals surface area contributed by atoms with Gasteiger partial charge < -0.3 is 0 Å². The normalized spacial score (nSPS) is 26.5. The predicted octanol–water partition coefficient (Wildman–Crippen LogP) is 1.51. The summed E-state index contributed by atoms with van der Waals surface area (Å²) in [6, 6.07) is 10.3. The Kier molecular flexibility index (Phi) is 3.76. The van der Waals surface area contributed by atoms with Crippen LogP contribution in [-0.2, 0) is 16.1 Å². The van der Waals surface area contributed by atoms with Crippen molar-refractivity contribution < 1.29 is 9.63 Å². The zero-order valence-corrected chi connectivity index (χ0v) is 13.2. The van der Waals surface area contributed by atoms with Crippen molar-refractivity contribution in [1.82, 2.24) is 5.06 Å². The van der Waals surface area contributed by atoms with Crippen molar-refractivity contribution in [2.75, 3.05) is 0 Å². The minimum atomic E-state index is 0.0163. The molecule has 1 aliphatic carbocycles. The molecule has 1 aromatic rings. The van der Waals surface area contributed by atoms with Crippen LogP contribution in [0, 0.1) is 0 Å². The second-order valence-electron chi connectivity index (χ2n) is 5.13. The molecule has 0 saturated carbocycles. The van der Waals surface area contributed by atoms with Gasteiger partial charge in [-0.05, 0) is 0 Å². The van der Waals surface area contributed by atoms with Gasteiger partial charge in [0.2, 0.25) is 0 Å². The molecule has 100 valence electrons. The van der Waals surface area contributed by atoms with E-state index in [1.54, 1.807) is 5.06 Å². The standard InChI is InChI=1S/C15H18AsNO2/c16-14(10-11-4-2-1-3-5-11)15(18)17-12-6-8-13(19-17)9-7-12/h1-6,8,12-14H,7,9-10,16H2/t12?,13?,14-/m0/s1. The fourth-order valence-electron chi connectivity index (χ4n) is 2.62. The first-order valence-electron chi connectivity index (χ1n) is 6.72. The molecule has 1 amide bonds. The predicted molar refractivity (Wildman–Crippen MR) is 76.3 cm³/mol. The number of hydrogen-bond acceptors (Lipinski definition) is 2. The Labute approximate surface area is 122 Å². The molecule has 2 aliphatic heterocycles. The quantitative estimate of drug-likeness (QED) is 0.624. The van der Waals surface area contributed by atoms with Gasteiger partial charge in [0.15, 0.2) is 0 Å². The van der Waals surface area contributed by atoms with Crippen LogP contribution >= 0.6 is 0 Å². The zero-order chi connectivity index (χ0) is 13.2. The van der Waals surface area contributed by atoms with Gasteiger partial charge in [-0.15, -0.1) is 0 Å². The Balaban J connectivity index is 1.66. The van der Waals surface area contributed by atoms with Gasteiger partial charge >= 0.3 is 122 Å². The fraction of sp³-hybridized carbons (Fsp3) is 0.400. The number of carbonyl (C=O) groups is 1. The SMILES string of the molecule is O=C([C@@H]([AsH2])Cc1ccccc1)N1OC2C=CC1CC2. The summed E-state index contributed by atoms with van der Waals surface area (Å²) >= 11 is 1.47. The minimum absolute atomic E-state index is 0.0163. The summed E-state index contributed by atoms with van der Waals surface area (Å²) < 4.78 is 0.0163. The van der Waals surface area contributed by atoms with Crippen molar-refractivity contribution in [2.45, 2.75) is 36.1 Å². The van der Waals surface area contributed by atoms with Crippen LogP contribution in [-0.4, -0.2) is 40.0 Å². The zero-order valence-electron chi connectivity index (χ0n) is 10.7. The van der Waals surface area contributed by atoms with E-state index >= 15 is 0 Å². The van der Waals surface area contributed by atoms with Gasteiger partial charge in [0, 0.05) is 0 Å². The molecule has 2 bridgehead atoms. The van der Waals surface area contributed by atoms with Crippen molar-refractivity contribution in [3.8, 4) is 0 Å². The van der Waals surface area contributed by atoms with Crippen LogP contribution in [0.5, 0.6) is 0 Å². The number of rotatable bonds is 3. The monoisotopic (exact) mass is 319 g/mol. The molecule has 3 aliphatic rings. The average molecular weight is 319 g/mol. The van der Waals surface area contributed by atoms with Crippen LogP contribution in [0.2, 0.25) is 4.71 Å². The van der Waals surface area contributed by atoms with Gasteiger partial charge in [0.1, 0.15) is 0 Å². The van der Waals surface area contributed by atoms with Crippen LogP contribution in [0.25, 0.3) is 0 Å². The van der Waals surface area contributed by atoms with Crippen molar-refractivity contribution in [3.63, 3.8) is 0 Å². The summed E-state index contributed by atoms with van der Waals surface area (Å²) in [5, 5.41) is 1.61. The first-order chi connectivity index (χ1) is 9.24. The molecule has 3 unspecified atom stereocenters. The average Bonchev–Trinajstić information content (AvgIpc) is 2.48. The molecule has 1 fully saturated rings. The van der Waals surface area contributed by atoms with Crippen molar-refractivity contribution in [3.05, 3.63) is 48.0 Å². The summed E-state index contributed by atoms with van der Waals surface area (Å²) in [6.45, 7) is 0. The van der Waals surface area contributed by atoms with Gasteiger partial charge in [-0.25, -0.2) is 0 Å². The first kappa shape index (κ1) is 13.0. The summed E-state index contributed by atoms with van der Waals surface area (Å²) in [6.07, 6.45) is 7.13. The van der Waals surface area contributed by atoms with Gasteiger partial charge in [0.05, 0.1) is 0 Å². The second kappa shape index (κ2) is 5.52. The van der Waals surface area contributed by atoms with Gasteiger partial charge in [-0.3, -0.25) is 0 Å². The maximum atomic E-state index is 12.5. The van der Waals surface area contributed by atoms with Gasteiger partial charge in [-0.1, -0.05) is 0 Å². The molecule has 0 radical (unpaired) electrons. The van der Waals surface area contributed by atoms with E-state index in [0.717, 1.165) is 19.3 Å². The summed E-state index contributed by atoms with van der Waals surface area (Å²) in [5.74, 6) is 0.128. The van der Waals surface area contributed by atoms with Crippen molar-refractivity contribution >= 4 is 22.8 Å². The van der Waals surface area contributed by atoms with Crippen molar-refractivity contribution in [1.29, 1.82) is 0 Å². The molecule has 0 spiro atoms. The molecule has 3 nitrogen and oxygen atoms in total. The molecule has 1 saturated heterocycles. The van der Waals surface area contributed by atoms with Crippen LogP contribution < -0.4 is 0 Å². The van der Waals surface area contributed by atoms with Crippen LogP contribution in [0.15, 0.2) is 42.5 Å².